The number of hydrogen-bond donors (Lipinski definition) is 3. The normalized spacial score (nSPS) is 22.5. The van der Waals surface area contributed by atoms with Gasteiger partial charge in [0.25, 0.3) is 0 Å². The molecule has 0 bridgehead atoms. The Morgan fingerprint density at radius 1 is 1.04 bits per heavy atom. The first-order valence-corrected chi connectivity index (χ1v) is 16.4. The summed E-state index contributed by atoms with van der Waals surface area (Å²) in [5.41, 5.74) is -8.52. The number of carbonyl (C=O) groups is 4. The summed E-state index contributed by atoms with van der Waals surface area (Å²) in [6.45, 7) is 13.0. The number of anilines is 1. The molecule has 1 aliphatic carbocycles. The van der Waals surface area contributed by atoms with Gasteiger partial charge in [0.2, 0.25) is 17.6 Å². The van der Waals surface area contributed by atoms with E-state index in [1.54, 1.807) is 41.5 Å². The van der Waals surface area contributed by atoms with Crippen LogP contribution in [0.25, 0.3) is 11.4 Å². The molecule has 3 amide bonds. The molecule has 3 N–H and O–H groups in total. The number of amides is 3. The highest BCUT2D eigenvalue weighted by Crippen LogP contribution is 2.47. The molecule has 2 aliphatic rings. The Kier molecular flexibility index (Phi) is 10.6. The predicted molar refractivity (Wildman–Crippen MR) is 176 cm³/mol. The number of tetrazole rings is 1. The highest BCUT2D eigenvalue weighted by Gasteiger charge is 2.61. The Labute approximate surface area is 300 Å². The van der Waals surface area contributed by atoms with Crippen LogP contribution in [0.2, 0.25) is 0 Å². The molecule has 292 valence electrons. The number of alkyl carbamates (subject to hydrolysis) is 1. The maximum Gasteiger partial charge on any atom is 0.418 e. The van der Waals surface area contributed by atoms with E-state index in [2.05, 4.69) is 32.6 Å². The van der Waals surface area contributed by atoms with Crippen LogP contribution >= 0.6 is 0 Å². The minimum absolute atomic E-state index is 0.0346. The molecule has 2 aromatic rings. The van der Waals surface area contributed by atoms with Crippen LogP contribution in [0.1, 0.15) is 71.6 Å². The summed E-state index contributed by atoms with van der Waals surface area (Å²) in [7, 11) is 2.08. The highest BCUT2D eigenvalue weighted by molar-refractivity contribution is 5.96. The molecular formula is C33H42F6N8O6. The lowest BCUT2D eigenvalue weighted by molar-refractivity contribution is -0.146. The van der Waals surface area contributed by atoms with E-state index >= 15 is 0 Å². The van der Waals surface area contributed by atoms with Gasteiger partial charge < -0.3 is 30.3 Å². The number of carboxylic acid groups (broad SMARTS) is 1. The topological polar surface area (TPSA) is 172 Å². The van der Waals surface area contributed by atoms with Gasteiger partial charge in [0.05, 0.1) is 22.9 Å². The number of ether oxygens (including phenoxy) is 1. The van der Waals surface area contributed by atoms with E-state index in [1.807, 2.05) is 0 Å². The van der Waals surface area contributed by atoms with Crippen molar-refractivity contribution in [3.05, 3.63) is 35.9 Å². The van der Waals surface area contributed by atoms with E-state index in [9.17, 15) is 50.6 Å². The van der Waals surface area contributed by atoms with Crippen molar-refractivity contribution in [1.82, 2.24) is 35.7 Å². The standard InChI is InChI=1S/C33H42F6N8O6/c1-10-17-14-31(17,27(50)51)41-25(48)21-13-18(15-46(21)26(49)23(29(2,3)4)40-28(52)53-30(5,6)7)47-43-24(42-44-47)16-11-19(32(34,35)36)22(45(8)9)20(12-16)33(37,38)39/h10-12,17-18,21,23H,1,13-15H2,2-9H3,(H,40,52)(H,41,48)(H,50,51). The number of halogens is 6. The molecule has 5 atom stereocenters. The first-order valence-electron chi connectivity index (χ1n) is 16.4. The lowest BCUT2D eigenvalue weighted by Gasteiger charge is -2.36. The maximum atomic E-state index is 14.3. The van der Waals surface area contributed by atoms with Crippen LogP contribution in [0.15, 0.2) is 24.8 Å². The van der Waals surface area contributed by atoms with Gasteiger partial charge in [0, 0.05) is 38.5 Å². The van der Waals surface area contributed by atoms with Gasteiger partial charge in [-0.1, -0.05) is 26.8 Å². The molecule has 14 nitrogen and oxygen atoms in total. The molecule has 1 saturated heterocycles. The molecule has 0 radical (unpaired) electrons. The van der Waals surface area contributed by atoms with Gasteiger partial charge >= 0.3 is 24.4 Å². The summed E-state index contributed by atoms with van der Waals surface area (Å²) in [5, 5.41) is 26.6. The first kappa shape index (κ1) is 40.9. The molecule has 1 saturated carbocycles. The van der Waals surface area contributed by atoms with Crippen molar-refractivity contribution in [2.45, 2.75) is 96.0 Å². The van der Waals surface area contributed by atoms with Crippen LogP contribution in [0, 0.1) is 11.3 Å². The second-order valence-corrected chi connectivity index (χ2v) is 15.4. The zero-order valence-corrected chi connectivity index (χ0v) is 30.3. The van der Waals surface area contributed by atoms with Gasteiger partial charge in [-0.2, -0.15) is 31.1 Å². The third-order valence-electron chi connectivity index (χ3n) is 8.85. The molecule has 2 fully saturated rings. The van der Waals surface area contributed by atoms with E-state index in [0.29, 0.717) is 17.0 Å². The molecule has 0 spiro atoms. The van der Waals surface area contributed by atoms with E-state index in [0.717, 1.165) is 23.8 Å². The molecular weight excluding hydrogens is 718 g/mol. The number of aromatic nitrogens is 4. The van der Waals surface area contributed by atoms with E-state index in [1.165, 1.54) is 6.08 Å². The summed E-state index contributed by atoms with van der Waals surface area (Å²) in [6.07, 6.45) is -10.2. The lowest BCUT2D eigenvalue weighted by atomic mass is 9.85. The number of aliphatic carboxylic acids is 1. The van der Waals surface area contributed by atoms with E-state index < -0.39 is 105 Å². The number of likely N-dealkylation sites (tertiary alicyclic amines) is 1. The van der Waals surface area contributed by atoms with Crippen LogP contribution < -0.4 is 15.5 Å². The maximum absolute atomic E-state index is 14.3. The molecule has 1 aliphatic heterocycles. The number of nitrogens with zero attached hydrogens (tertiary/aromatic N) is 6. The summed E-state index contributed by atoms with van der Waals surface area (Å²) in [6, 6.07) is -2.77. The SMILES string of the molecule is C=CC1CC1(NC(=O)C1CC(n2nnc(-c3cc(C(F)(F)F)c(N(C)C)c(C(F)(F)F)c3)n2)CN1C(=O)C(NC(=O)OC(C)(C)C)C(C)(C)C)C(=O)O. The smallest absolute Gasteiger partial charge is 0.418 e. The Morgan fingerprint density at radius 3 is 2.04 bits per heavy atom. The average molecular weight is 761 g/mol. The molecule has 2 heterocycles. The second kappa shape index (κ2) is 13.8. The fourth-order valence-electron chi connectivity index (χ4n) is 6.20. The van der Waals surface area contributed by atoms with Crippen LogP contribution in [0.4, 0.5) is 36.8 Å². The molecule has 4 rings (SSSR count). The summed E-state index contributed by atoms with van der Waals surface area (Å²) >= 11 is 0. The van der Waals surface area contributed by atoms with Gasteiger partial charge in [-0.25, -0.2) is 9.59 Å². The monoisotopic (exact) mass is 760 g/mol. The minimum atomic E-state index is -5.20. The van der Waals surface area contributed by atoms with Crippen molar-refractivity contribution in [3.8, 4) is 11.4 Å². The largest absolute Gasteiger partial charge is 0.479 e. The lowest BCUT2D eigenvalue weighted by Crippen LogP contribution is -2.59. The van der Waals surface area contributed by atoms with Crippen molar-refractivity contribution < 1.29 is 55.4 Å². The van der Waals surface area contributed by atoms with Crippen molar-refractivity contribution in [2.24, 2.45) is 11.3 Å². The van der Waals surface area contributed by atoms with Gasteiger partial charge in [-0.15, -0.1) is 16.8 Å². The molecule has 5 unspecified atom stereocenters. The fourth-order valence-corrected chi connectivity index (χ4v) is 6.20. The number of rotatable bonds is 9. The second-order valence-electron chi connectivity index (χ2n) is 15.4. The molecule has 20 heteroatoms. The van der Waals surface area contributed by atoms with Crippen molar-refractivity contribution in [3.63, 3.8) is 0 Å². The third kappa shape index (κ3) is 8.67. The molecule has 1 aromatic carbocycles. The van der Waals surface area contributed by atoms with Crippen molar-refractivity contribution in [1.29, 1.82) is 0 Å². The number of carbonyl (C=O) groups excluding carboxylic acids is 3. The Hall–Kier alpha value is -4.91. The third-order valence-corrected chi connectivity index (χ3v) is 8.85. The first-order chi connectivity index (χ1) is 24.1. The van der Waals surface area contributed by atoms with Gasteiger partial charge in [0.15, 0.2) is 0 Å². The van der Waals surface area contributed by atoms with Gasteiger partial charge in [-0.3, -0.25) is 9.59 Å². The zero-order chi connectivity index (χ0) is 40.2. The van der Waals surface area contributed by atoms with Crippen LogP contribution in [-0.4, -0.2) is 98.0 Å². The fraction of sp³-hybridized carbons (Fsp3) is 0.606. The predicted octanol–water partition coefficient (Wildman–Crippen LogP) is 4.67. The number of hydrogen-bond acceptors (Lipinski definition) is 9. The Bertz CT molecular complexity index is 1750. The quantitative estimate of drug-likeness (QED) is 0.241. The van der Waals surface area contributed by atoms with E-state index in [4.69, 9.17) is 4.74 Å². The van der Waals surface area contributed by atoms with Gasteiger partial charge in [-0.05, 0) is 50.0 Å². The molecule has 1 aromatic heterocycles. The number of carboxylic acids is 1. The van der Waals surface area contributed by atoms with Crippen molar-refractivity contribution in [2.75, 3.05) is 25.5 Å². The summed E-state index contributed by atoms with van der Waals surface area (Å²) in [5.74, 6) is -4.19. The summed E-state index contributed by atoms with van der Waals surface area (Å²) < 4.78 is 89.8. The summed E-state index contributed by atoms with van der Waals surface area (Å²) in [4.78, 5) is 55.7. The molecule has 53 heavy (non-hydrogen) atoms. The Morgan fingerprint density at radius 2 is 1.60 bits per heavy atom. The zero-order valence-electron chi connectivity index (χ0n) is 30.3. The minimum Gasteiger partial charge on any atom is -0.479 e. The highest BCUT2D eigenvalue weighted by atomic mass is 19.4. The number of benzene rings is 1. The van der Waals surface area contributed by atoms with Crippen molar-refractivity contribution >= 4 is 29.6 Å². The average Bonchev–Trinajstić information content (AvgIpc) is 3.31. The van der Waals surface area contributed by atoms with E-state index in [-0.39, 0.29) is 19.4 Å². The van der Waals surface area contributed by atoms with Gasteiger partial charge in [0.1, 0.15) is 23.2 Å². The van der Waals surface area contributed by atoms with Crippen LogP contribution in [0.5, 0.6) is 0 Å². The van der Waals surface area contributed by atoms with Crippen LogP contribution in [-0.2, 0) is 31.5 Å². The Balaban J connectivity index is 1.75. The number of alkyl halides is 6. The number of nitrogens with one attached hydrogen (secondary N) is 2. The van der Waals surface area contributed by atoms with Crippen LogP contribution in [0.3, 0.4) is 0 Å².